The molecule has 1 fully saturated rings. The largest absolute Gasteiger partial charge is 0.495 e. The van der Waals surface area contributed by atoms with Crippen molar-refractivity contribution in [3.8, 4) is 5.75 Å². The van der Waals surface area contributed by atoms with Gasteiger partial charge in [0.25, 0.3) is 0 Å². The molecule has 0 spiro atoms. The third kappa shape index (κ3) is 1.63. The van der Waals surface area contributed by atoms with Crippen LogP contribution in [0.4, 0.5) is 11.4 Å². The molecule has 2 heterocycles. The molecule has 1 aromatic rings. The van der Waals surface area contributed by atoms with Crippen molar-refractivity contribution in [3.63, 3.8) is 0 Å². The Morgan fingerprint density at radius 1 is 1.41 bits per heavy atom. The Balaban J connectivity index is 2.09. The maximum atomic E-state index is 5.52. The molecule has 0 bridgehead atoms. The quantitative estimate of drug-likeness (QED) is 0.781. The van der Waals surface area contributed by atoms with Crippen LogP contribution in [0.5, 0.6) is 5.75 Å². The second-order valence-electron chi connectivity index (χ2n) is 4.76. The van der Waals surface area contributed by atoms with Crippen molar-refractivity contribution in [2.24, 2.45) is 0 Å². The number of fused-ring (bicyclic) bond motifs is 3. The molecule has 0 radical (unpaired) electrons. The molecule has 2 aliphatic rings. The average Bonchev–Trinajstić information content (AvgIpc) is 2.38. The zero-order chi connectivity index (χ0) is 11.8. The van der Waals surface area contributed by atoms with Gasteiger partial charge in [-0.05, 0) is 12.1 Å². The number of anilines is 2. The number of methoxy groups -OCH3 is 1. The molecule has 0 aromatic heterocycles. The first kappa shape index (κ1) is 10.7. The van der Waals surface area contributed by atoms with Crippen molar-refractivity contribution < 1.29 is 4.74 Å². The second kappa shape index (κ2) is 4.11. The van der Waals surface area contributed by atoms with E-state index in [1.807, 2.05) is 0 Å². The molecule has 1 unspecified atom stereocenters. The van der Waals surface area contributed by atoms with Gasteiger partial charge < -0.3 is 19.9 Å². The highest BCUT2D eigenvalue weighted by molar-refractivity contribution is 5.80. The molecule has 1 atom stereocenters. The molecule has 4 heteroatoms. The van der Waals surface area contributed by atoms with Crippen molar-refractivity contribution in [2.45, 2.75) is 6.04 Å². The van der Waals surface area contributed by atoms with Gasteiger partial charge in [0.1, 0.15) is 11.4 Å². The van der Waals surface area contributed by atoms with Gasteiger partial charge >= 0.3 is 0 Å². The predicted molar refractivity (Wildman–Crippen MR) is 70.3 cm³/mol. The molecule has 92 valence electrons. The Kier molecular flexibility index (Phi) is 2.59. The Morgan fingerprint density at radius 3 is 3.12 bits per heavy atom. The number of para-hydroxylation sites is 1. The van der Waals surface area contributed by atoms with Gasteiger partial charge in [-0.15, -0.1) is 0 Å². The first-order chi connectivity index (χ1) is 8.31. The number of piperazine rings is 1. The van der Waals surface area contributed by atoms with Gasteiger partial charge in [0.15, 0.2) is 0 Å². The first-order valence-corrected chi connectivity index (χ1v) is 6.17. The molecule has 17 heavy (non-hydrogen) atoms. The topological polar surface area (TPSA) is 27.7 Å². The molecular weight excluding hydrogens is 214 g/mol. The summed E-state index contributed by atoms with van der Waals surface area (Å²) in [4.78, 5) is 4.82. The van der Waals surface area contributed by atoms with E-state index in [1.165, 1.54) is 11.4 Å². The van der Waals surface area contributed by atoms with Crippen LogP contribution in [0.15, 0.2) is 18.2 Å². The number of nitrogens with one attached hydrogen (secondary N) is 1. The molecule has 2 aliphatic heterocycles. The van der Waals surface area contributed by atoms with Crippen LogP contribution in [0.1, 0.15) is 0 Å². The van der Waals surface area contributed by atoms with E-state index in [-0.39, 0.29) is 0 Å². The Labute approximate surface area is 102 Å². The summed E-state index contributed by atoms with van der Waals surface area (Å²) < 4.78 is 5.52. The number of rotatable bonds is 1. The van der Waals surface area contributed by atoms with Crippen molar-refractivity contribution >= 4 is 11.4 Å². The summed E-state index contributed by atoms with van der Waals surface area (Å²) in [6, 6.07) is 6.85. The van der Waals surface area contributed by atoms with E-state index in [9.17, 15) is 0 Å². The maximum Gasteiger partial charge on any atom is 0.144 e. The zero-order valence-corrected chi connectivity index (χ0v) is 10.4. The van der Waals surface area contributed by atoms with Gasteiger partial charge in [-0.25, -0.2) is 0 Å². The summed E-state index contributed by atoms with van der Waals surface area (Å²) in [6.07, 6.45) is 0. The lowest BCUT2D eigenvalue weighted by Gasteiger charge is -2.46. The first-order valence-electron chi connectivity index (χ1n) is 6.17. The van der Waals surface area contributed by atoms with Crippen LogP contribution in [0.25, 0.3) is 0 Å². The van der Waals surface area contributed by atoms with E-state index in [2.05, 4.69) is 40.4 Å². The summed E-state index contributed by atoms with van der Waals surface area (Å²) in [5.41, 5.74) is 2.54. The van der Waals surface area contributed by atoms with Gasteiger partial charge in [-0.1, -0.05) is 6.07 Å². The minimum atomic E-state index is 0.553. The summed E-state index contributed by atoms with van der Waals surface area (Å²) in [7, 11) is 3.91. The van der Waals surface area contributed by atoms with E-state index in [0.717, 1.165) is 31.9 Å². The van der Waals surface area contributed by atoms with E-state index < -0.39 is 0 Å². The number of hydrogen-bond donors (Lipinski definition) is 1. The molecule has 3 rings (SSSR count). The monoisotopic (exact) mass is 233 g/mol. The SMILES string of the molecule is COc1cccc2c1N1CCNCC1CN2C. The predicted octanol–water partition coefficient (Wildman–Crippen LogP) is 0.923. The van der Waals surface area contributed by atoms with E-state index in [4.69, 9.17) is 4.74 Å². The molecular formula is C13H19N3O. The van der Waals surface area contributed by atoms with Crippen LogP contribution in [0, 0.1) is 0 Å². The average molecular weight is 233 g/mol. The normalized spacial score (nSPS) is 23.1. The minimum Gasteiger partial charge on any atom is -0.495 e. The Morgan fingerprint density at radius 2 is 2.29 bits per heavy atom. The second-order valence-corrected chi connectivity index (χ2v) is 4.76. The van der Waals surface area contributed by atoms with E-state index >= 15 is 0 Å². The number of hydrogen-bond acceptors (Lipinski definition) is 4. The number of nitrogens with zero attached hydrogens (tertiary/aromatic N) is 2. The fourth-order valence-corrected chi connectivity index (χ4v) is 2.91. The molecule has 0 saturated carbocycles. The van der Waals surface area contributed by atoms with Gasteiger partial charge in [0, 0.05) is 33.2 Å². The molecule has 1 saturated heterocycles. The highest BCUT2D eigenvalue weighted by Gasteiger charge is 2.32. The number of likely N-dealkylation sites (N-methyl/N-ethyl adjacent to an activating group) is 1. The molecule has 1 N–H and O–H groups in total. The van der Waals surface area contributed by atoms with Crippen molar-refractivity contribution in [1.82, 2.24) is 5.32 Å². The van der Waals surface area contributed by atoms with E-state index in [0.29, 0.717) is 6.04 Å². The highest BCUT2D eigenvalue weighted by Crippen LogP contribution is 2.42. The number of ether oxygens (including phenoxy) is 1. The fourth-order valence-electron chi connectivity index (χ4n) is 2.91. The van der Waals surface area contributed by atoms with Crippen LogP contribution in [-0.4, -0.2) is 46.4 Å². The molecule has 1 aromatic carbocycles. The van der Waals surface area contributed by atoms with Crippen molar-refractivity contribution in [2.75, 3.05) is 50.1 Å². The third-order valence-corrected chi connectivity index (χ3v) is 3.73. The molecule has 0 aliphatic carbocycles. The lowest BCUT2D eigenvalue weighted by Crippen LogP contribution is -2.58. The van der Waals surface area contributed by atoms with Gasteiger partial charge in [-0.3, -0.25) is 0 Å². The summed E-state index contributed by atoms with van der Waals surface area (Å²) in [6.45, 7) is 4.25. The minimum absolute atomic E-state index is 0.553. The molecule has 0 amide bonds. The standard InChI is InChI=1S/C13H19N3O/c1-15-9-10-8-14-6-7-16(10)13-11(15)4-3-5-12(13)17-2/h3-5,10,14H,6-9H2,1-2H3. The van der Waals surface area contributed by atoms with Gasteiger partial charge in [0.05, 0.1) is 18.8 Å². The maximum absolute atomic E-state index is 5.52. The third-order valence-electron chi connectivity index (χ3n) is 3.73. The van der Waals surface area contributed by atoms with Crippen molar-refractivity contribution in [3.05, 3.63) is 18.2 Å². The molecule has 4 nitrogen and oxygen atoms in total. The van der Waals surface area contributed by atoms with Crippen LogP contribution in [-0.2, 0) is 0 Å². The van der Waals surface area contributed by atoms with Gasteiger partial charge in [0.2, 0.25) is 0 Å². The highest BCUT2D eigenvalue weighted by atomic mass is 16.5. The Bertz CT molecular complexity index is 421. The van der Waals surface area contributed by atoms with E-state index in [1.54, 1.807) is 7.11 Å². The summed E-state index contributed by atoms with van der Waals surface area (Å²) in [5, 5.41) is 3.46. The van der Waals surface area contributed by atoms with Crippen LogP contribution >= 0.6 is 0 Å². The zero-order valence-electron chi connectivity index (χ0n) is 10.4. The van der Waals surface area contributed by atoms with Crippen LogP contribution in [0.3, 0.4) is 0 Å². The number of benzene rings is 1. The van der Waals surface area contributed by atoms with Crippen LogP contribution in [0.2, 0.25) is 0 Å². The summed E-state index contributed by atoms with van der Waals surface area (Å²) in [5.74, 6) is 0.987. The smallest absolute Gasteiger partial charge is 0.144 e. The van der Waals surface area contributed by atoms with Gasteiger partial charge in [-0.2, -0.15) is 0 Å². The van der Waals surface area contributed by atoms with Crippen LogP contribution < -0.4 is 19.9 Å². The lowest BCUT2D eigenvalue weighted by atomic mass is 10.0. The fraction of sp³-hybridized carbons (Fsp3) is 0.538. The van der Waals surface area contributed by atoms with Crippen molar-refractivity contribution in [1.29, 1.82) is 0 Å². The lowest BCUT2D eigenvalue weighted by molar-refractivity contribution is 0.403. The Hall–Kier alpha value is -1.42. The summed E-state index contributed by atoms with van der Waals surface area (Å²) >= 11 is 0.